The van der Waals surface area contributed by atoms with E-state index in [0.717, 1.165) is 11.3 Å². The molecular formula is C31H36N2O7. The van der Waals surface area contributed by atoms with E-state index in [1.165, 1.54) is 0 Å². The number of hydrogen-bond acceptors (Lipinski definition) is 7. The molecule has 0 radical (unpaired) electrons. The summed E-state index contributed by atoms with van der Waals surface area (Å²) in [5, 5.41) is 2.92. The average molecular weight is 549 g/mol. The zero-order valence-electron chi connectivity index (χ0n) is 23.6. The first-order valence-electron chi connectivity index (χ1n) is 13.5. The SMILES string of the molecule is CCOc1cc(C(=O)Nc2ccc3c(c2)N(CCOc2cccc(C)c2)C(=O)C(C)O3)cc(OCC)c1OCC. The van der Waals surface area contributed by atoms with E-state index in [-0.39, 0.29) is 11.8 Å². The van der Waals surface area contributed by atoms with Crippen molar-refractivity contribution in [2.75, 3.05) is 43.2 Å². The normalized spacial score (nSPS) is 14.2. The molecule has 9 heteroatoms. The number of rotatable bonds is 12. The first-order chi connectivity index (χ1) is 19.3. The third-order valence-electron chi connectivity index (χ3n) is 6.17. The van der Waals surface area contributed by atoms with Gasteiger partial charge in [-0.15, -0.1) is 0 Å². The van der Waals surface area contributed by atoms with Crippen LogP contribution in [-0.2, 0) is 4.79 Å². The molecule has 1 unspecified atom stereocenters. The van der Waals surface area contributed by atoms with Gasteiger partial charge in [-0.2, -0.15) is 0 Å². The molecule has 3 aromatic rings. The van der Waals surface area contributed by atoms with Crippen LogP contribution in [0, 0.1) is 6.92 Å². The maximum atomic E-state index is 13.3. The van der Waals surface area contributed by atoms with Crippen molar-refractivity contribution >= 4 is 23.2 Å². The molecule has 2 amide bonds. The number of anilines is 2. The standard InChI is InChI=1S/C31H36N2O7/c1-6-36-27-17-22(18-28(37-7-2)29(27)38-8-3)30(34)32-23-12-13-26-25(19-23)33(31(35)21(5)40-26)14-15-39-24-11-9-10-20(4)16-24/h9-13,16-19,21H,6-8,14-15H2,1-5H3,(H,32,34). The van der Waals surface area contributed by atoms with Gasteiger partial charge in [0.15, 0.2) is 17.6 Å². The highest BCUT2D eigenvalue weighted by Gasteiger charge is 2.32. The summed E-state index contributed by atoms with van der Waals surface area (Å²) in [6.07, 6.45) is -0.635. The molecule has 1 aliphatic heterocycles. The second-order valence-electron chi connectivity index (χ2n) is 9.15. The van der Waals surface area contributed by atoms with Gasteiger partial charge in [0.1, 0.15) is 18.1 Å². The van der Waals surface area contributed by atoms with Crippen molar-refractivity contribution in [1.82, 2.24) is 0 Å². The number of hydrogen-bond donors (Lipinski definition) is 1. The number of aryl methyl sites for hydroxylation is 1. The lowest BCUT2D eigenvalue weighted by Gasteiger charge is -2.33. The molecule has 40 heavy (non-hydrogen) atoms. The van der Waals surface area contributed by atoms with Gasteiger partial charge in [-0.25, -0.2) is 0 Å². The van der Waals surface area contributed by atoms with Gasteiger partial charge in [0, 0.05) is 11.3 Å². The molecule has 1 heterocycles. The Labute approximate surface area is 234 Å². The summed E-state index contributed by atoms with van der Waals surface area (Å²) in [5.74, 6) is 2.07. The van der Waals surface area contributed by atoms with E-state index >= 15 is 0 Å². The highest BCUT2D eigenvalue weighted by molar-refractivity contribution is 6.06. The van der Waals surface area contributed by atoms with Crippen molar-refractivity contribution in [3.63, 3.8) is 0 Å². The average Bonchev–Trinajstić information content (AvgIpc) is 2.93. The monoisotopic (exact) mass is 548 g/mol. The fourth-order valence-corrected chi connectivity index (χ4v) is 4.40. The molecule has 0 bridgehead atoms. The second-order valence-corrected chi connectivity index (χ2v) is 9.15. The van der Waals surface area contributed by atoms with Crippen LogP contribution in [0.5, 0.6) is 28.7 Å². The van der Waals surface area contributed by atoms with Gasteiger partial charge in [0.25, 0.3) is 11.8 Å². The molecule has 0 saturated carbocycles. The van der Waals surface area contributed by atoms with Crippen LogP contribution in [0.4, 0.5) is 11.4 Å². The van der Waals surface area contributed by atoms with E-state index in [9.17, 15) is 9.59 Å². The minimum Gasteiger partial charge on any atom is -0.492 e. The fraction of sp³-hybridized carbons (Fsp3) is 0.355. The van der Waals surface area contributed by atoms with Crippen molar-refractivity contribution in [2.45, 2.75) is 40.7 Å². The Hall–Kier alpha value is -4.40. The lowest BCUT2D eigenvalue weighted by atomic mass is 10.1. The van der Waals surface area contributed by atoms with Crippen molar-refractivity contribution < 1.29 is 33.3 Å². The summed E-state index contributed by atoms with van der Waals surface area (Å²) in [4.78, 5) is 28.0. The Morgan fingerprint density at radius 2 is 1.62 bits per heavy atom. The van der Waals surface area contributed by atoms with E-state index in [1.807, 2.05) is 52.0 Å². The summed E-state index contributed by atoms with van der Waals surface area (Å²) in [6, 6.07) is 16.2. The summed E-state index contributed by atoms with van der Waals surface area (Å²) in [7, 11) is 0. The summed E-state index contributed by atoms with van der Waals surface area (Å²) in [6.45, 7) is 11.1. The third kappa shape index (κ3) is 6.59. The second kappa shape index (κ2) is 13.1. The predicted octanol–water partition coefficient (Wildman–Crippen LogP) is 5.64. The molecule has 3 aromatic carbocycles. The van der Waals surface area contributed by atoms with Crippen LogP contribution in [-0.4, -0.2) is 50.9 Å². The number of nitrogens with zero attached hydrogens (tertiary/aromatic N) is 1. The van der Waals surface area contributed by atoms with Crippen LogP contribution in [0.25, 0.3) is 0 Å². The lowest BCUT2D eigenvalue weighted by Crippen LogP contribution is -2.46. The van der Waals surface area contributed by atoms with Gasteiger partial charge < -0.3 is 33.9 Å². The van der Waals surface area contributed by atoms with Crippen LogP contribution in [0.1, 0.15) is 43.6 Å². The van der Waals surface area contributed by atoms with Gasteiger partial charge in [0.2, 0.25) is 5.75 Å². The van der Waals surface area contributed by atoms with E-state index < -0.39 is 6.10 Å². The van der Waals surface area contributed by atoms with Crippen molar-refractivity contribution in [2.24, 2.45) is 0 Å². The van der Waals surface area contributed by atoms with Crippen molar-refractivity contribution in [3.8, 4) is 28.7 Å². The smallest absolute Gasteiger partial charge is 0.267 e. The largest absolute Gasteiger partial charge is 0.492 e. The lowest BCUT2D eigenvalue weighted by molar-refractivity contribution is -0.125. The van der Waals surface area contributed by atoms with Crippen LogP contribution < -0.4 is 33.9 Å². The molecule has 1 atom stereocenters. The quantitative estimate of drug-likeness (QED) is 0.313. The van der Waals surface area contributed by atoms with Crippen LogP contribution in [0.3, 0.4) is 0 Å². The highest BCUT2D eigenvalue weighted by atomic mass is 16.5. The van der Waals surface area contributed by atoms with Gasteiger partial charge in [-0.3, -0.25) is 9.59 Å². The van der Waals surface area contributed by atoms with E-state index in [4.69, 9.17) is 23.7 Å². The molecule has 0 aliphatic carbocycles. The number of ether oxygens (including phenoxy) is 5. The molecule has 0 saturated heterocycles. The van der Waals surface area contributed by atoms with Gasteiger partial charge in [-0.1, -0.05) is 12.1 Å². The van der Waals surface area contributed by atoms with E-state index in [1.54, 1.807) is 42.2 Å². The topological polar surface area (TPSA) is 95.6 Å². The number of carbonyl (C=O) groups is 2. The third-order valence-corrected chi connectivity index (χ3v) is 6.17. The van der Waals surface area contributed by atoms with Gasteiger partial charge >= 0.3 is 0 Å². The van der Waals surface area contributed by atoms with Crippen molar-refractivity contribution in [3.05, 3.63) is 65.7 Å². The molecule has 1 aliphatic rings. The Bertz CT molecular complexity index is 1330. The first-order valence-corrected chi connectivity index (χ1v) is 13.5. The molecule has 212 valence electrons. The molecule has 0 spiro atoms. The van der Waals surface area contributed by atoms with E-state index in [2.05, 4.69) is 5.32 Å². The maximum Gasteiger partial charge on any atom is 0.267 e. The van der Waals surface area contributed by atoms with Crippen LogP contribution >= 0.6 is 0 Å². The minimum absolute atomic E-state index is 0.182. The number of benzene rings is 3. The van der Waals surface area contributed by atoms with Gasteiger partial charge in [0.05, 0.1) is 32.1 Å². The molecule has 9 nitrogen and oxygen atoms in total. The predicted molar refractivity (Wildman–Crippen MR) is 153 cm³/mol. The van der Waals surface area contributed by atoms with E-state index in [0.29, 0.717) is 72.9 Å². The van der Waals surface area contributed by atoms with Crippen molar-refractivity contribution in [1.29, 1.82) is 0 Å². The molecule has 4 rings (SSSR count). The fourth-order valence-electron chi connectivity index (χ4n) is 4.40. The maximum absolute atomic E-state index is 13.3. The first kappa shape index (κ1) is 28.6. The Balaban J connectivity index is 1.56. The zero-order chi connectivity index (χ0) is 28.6. The molecular weight excluding hydrogens is 512 g/mol. The Morgan fingerprint density at radius 1 is 0.925 bits per heavy atom. The number of fused-ring (bicyclic) bond motifs is 1. The summed E-state index contributed by atoms with van der Waals surface area (Å²) >= 11 is 0. The highest BCUT2D eigenvalue weighted by Crippen LogP contribution is 2.40. The Morgan fingerprint density at radius 3 is 2.27 bits per heavy atom. The number of amides is 2. The number of nitrogens with one attached hydrogen (secondary N) is 1. The molecule has 1 N–H and O–H groups in total. The summed E-state index contributed by atoms with van der Waals surface area (Å²) in [5.41, 5.74) is 2.50. The Kier molecular flexibility index (Phi) is 9.37. The summed E-state index contributed by atoms with van der Waals surface area (Å²) < 4.78 is 29.0. The minimum atomic E-state index is -0.635. The van der Waals surface area contributed by atoms with Crippen LogP contribution in [0.2, 0.25) is 0 Å². The zero-order valence-corrected chi connectivity index (χ0v) is 23.6. The van der Waals surface area contributed by atoms with Crippen LogP contribution in [0.15, 0.2) is 54.6 Å². The molecule has 0 fully saturated rings. The van der Waals surface area contributed by atoms with Gasteiger partial charge in [-0.05, 0) is 82.6 Å². The molecule has 0 aromatic heterocycles. The number of carbonyl (C=O) groups excluding carboxylic acids is 2.